The number of nitrogens with zero attached hydrogens (tertiary/aromatic N) is 5. The highest BCUT2D eigenvalue weighted by Crippen LogP contribution is 2.35. The van der Waals surface area contributed by atoms with E-state index in [2.05, 4.69) is 30.9 Å². The molecule has 39 heavy (non-hydrogen) atoms. The number of fused-ring (bicyclic) bond motifs is 1. The lowest BCUT2D eigenvalue weighted by Crippen LogP contribution is -2.39. The normalized spacial score (nSPS) is 15.2. The number of carbonyl (C=O) groups is 1. The Balaban J connectivity index is 1.61. The molecule has 1 aromatic carbocycles. The predicted octanol–water partition coefficient (Wildman–Crippen LogP) is 4.16. The van der Waals surface area contributed by atoms with E-state index in [0.717, 1.165) is 15.7 Å². The van der Waals surface area contributed by atoms with E-state index in [9.17, 15) is 9.59 Å². The Morgan fingerprint density at radius 1 is 1.26 bits per heavy atom. The van der Waals surface area contributed by atoms with Crippen LogP contribution in [0.15, 0.2) is 89.0 Å². The van der Waals surface area contributed by atoms with Gasteiger partial charge in [0, 0.05) is 38.3 Å². The van der Waals surface area contributed by atoms with Crippen molar-refractivity contribution in [2.24, 2.45) is 4.99 Å². The Kier molecular flexibility index (Phi) is 7.87. The molecule has 200 valence electrons. The molecule has 4 heterocycles. The molecule has 12 heteroatoms. The first-order chi connectivity index (χ1) is 18.8. The van der Waals surface area contributed by atoms with E-state index in [-0.39, 0.29) is 12.2 Å². The second-order valence-electron chi connectivity index (χ2n) is 8.71. The fraction of sp³-hybridized carbons (Fsp3) is 0.222. The third kappa shape index (κ3) is 5.49. The molecule has 0 aliphatic carbocycles. The first-order valence-corrected chi connectivity index (χ1v) is 14.4. The fourth-order valence-electron chi connectivity index (χ4n) is 4.12. The molecule has 0 bridgehead atoms. The standard InChI is InChI=1S/C27H24BrN5O4S2/c1-5-36-24(35)21-15(2)31-27-33(22(21)16-7-9-17(10-8-16)32(3)4)23(34)20(38-27)14-18-13-19(28)25(37-18)39-26-29-11-6-12-30-26/h6-14,22H,5H2,1-4H3/b20-14+/t22-/m0/s1. The summed E-state index contributed by atoms with van der Waals surface area (Å²) in [5, 5.41) is 1.11. The number of allylic oxidation sites excluding steroid dienone is 1. The van der Waals surface area contributed by atoms with Crippen molar-refractivity contribution < 1.29 is 13.9 Å². The summed E-state index contributed by atoms with van der Waals surface area (Å²) in [6.07, 6.45) is 5.00. The quantitative estimate of drug-likeness (QED) is 0.223. The molecular formula is C27H24BrN5O4S2. The maximum absolute atomic E-state index is 13.8. The van der Waals surface area contributed by atoms with Gasteiger partial charge in [0.1, 0.15) is 5.76 Å². The number of hydrogen-bond donors (Lipinski definition) is 0. The summed E-state index contributed by atoms with van der Waals surface area (Å²) in [6, 6.07) is 10.6. The average Bonchev–Trinajstić information content (AvgIpc) is 3.41. The number of carbonyl (C=O) groups excluding carboxylic acids is 1. The molecule has 0 spiro atoms. The lowest BCUT2D eigenvalue weighted by Gasteiger charge is -2.25. The fourth-order valence-corrected chi connectivity index (χ4v) is 6.39. The number of thiazole rings is 1. The molecule has 4 aromatic rings. The summed E-state index contributed by atoms with van der Waals surface area (Å²) < 4.78 is 14.1. The van der Waals surface area contributed by atoms with E-state index in [4.69, 9.17) is 9.15 Å². The van der Waals surface area contributed by atoms with Crippen molar-refractivity contribution in [2.45, 2.75) is 30.1 Å². The van der Waals surface area contributed by atoms with Gasteiger partial charge in [0.05, 0.1) is 32.9 Å². The zero-order valence-electron chi connectivity index (χ0n) is 21.5. The SMILES string of the molecule is CCOC(=O)C1=C(C)N=c2s/c(=C/c3cc(Br)c(Sc4ncccn4)o3)c(=O)n2[C@H]1c1ccc(N(C)C)cc1. The van der Waals surface area contributed by atoms with Crippen LogP contribution >= 0.6 is 39.0 Å². The molecular weight excluding hydrogens is 602 g/mol. The van der Waals surface area contributed by atoms with Crippen molar-refractivity contribution in [3.05, 3.63) is 95.5 Å². The lowest BCUT2D eigenvalue weighted by atomic mass is 9.95. The molecule has 1 aliphatic rings. The van der Waals surface area contributed by atoms with Crippen LogP contribution in [0.1, 0.15) is 31.2 Å². The summed E-state index contributed by atoms with van der Waals surface area (Å²) >= 11 is 6.03. The van der Waals surface area contributed by atoms with Crippen LogP contribution in [0.25, 0.3) is 6.08 Å². The lowest BCUT2D eigenvalue weighted by molar-refractivity contribution is -0.139. The van der Waals surface area contributed by atoms with Crippen LogP contribution in [0.5, 0.6) is 0 Å². The molecule has 3 aromatic heterocycles. The van der Waals surface area contributed by atoms with Crippen LogP contribution in [-0.2, 0) is 9.53 Å². The van der Waals surface area contributed by atoms with Gasteiger partial charge in [0.25, 0.3) is 5.56 Å². The molecule has 5 rings (SSSR count). The third-order valence-corrected chi connectivity index (χ3v) is 8.63. The average molecular weight is 627 g/mol. The molecule has 0 saturated heterocycles. The number of anilines is 1. The van der Waals surface area contributed by atoms with Crippen molar-refractivity contribution in [3.8, 4) is 0 Å². The van der Waals surface area contributed by atoms with Crippen molar-refractivity contribution >= 4 is 56.8 Å². The van der Waals surface area contributed by atoms with Crippen LogP contribution in [0.2, 0.25) is 0 Å². The number of esters is 1. The zero-order valence-corrected chi connectivity index (χ0v) is 24.8. The first-order valence-electron chi connectivity index (χ1n) is 12.0. The smallest absolute Gasteiger partial charge is 0.338 e. The third-order valence-electron chi connectivity index (χ3n) is 5.92. The van der Waals surface area contributed by atoms with E-state index in [0.29, 0.717) is 36.6 Å². The number of hydrogen-bond acceptors (Lipinski definition) is 10. The largest absolute Gasteiger partial charge is 0.463 e. The number of ether oxygens (including phenoxy) is 1. The Morgan fingerprint density at radius 2 is 1.97 bits per heavy atom. The molecule has 0 fully saturated rings. The van der Waals surface area contributed by atoms with E-state index >= 15 is 0 Å². The van der Waals surface area contributed by atoms with Crippen molar-refractivity contribution in [3.63, 3.8) is 0 Å². The minimum absolute atomic E-state index is 0.216. The zero-order chi connectivity index (χ0) is 27.7. The Morgan fingerprint density at radius 3 is 2.64 bits per heavy atom. The predicted molar refractivity (Wildman–Crippen MR) is 154 cm³/mol. The van der Waals surface area contributed by atoms with Crippen molar-refractivity contribution in [2.75, 3.05) is 25.6 Å². The van der Waals surface area contributed by atoms with Crippen molar-refractivity contribution in [1.82, 2.24) is 14.5 Å². The molecule has 0 amide bonds. The van der Waals surface area contributed by atoms with Crippen LogP contribution in [-0.4, -0.2) is 41.2 Å². The van der Waals surface area contributed by atoms with Gasteiger partial charge in [-0.3, -0.25) is 9.36 Å². The minimum Gasteiger partial charge on any atom is -0.463 e. The monoisotopic (exact) mass is 625 g/mol. The van der Waals surface area contributed by atoms with Gasteiger partial charge in [0.2, 0.25) is 0 Å². The topological polar surface area (TPSA) is 103 Å². The highest BCUT2D eigenvalue weighted by atomic mass is 79.9. The van der Waals surface area contributed by atoms with Gasteiger partial charge >= 0.3 is 5.97 Å². The number of benzene rings is 1. The van der Waals surface area contributed by atoms with Gasteiger partial charge in [-0.2, -0.15) is 0 Å². The second kappa shape index (κ2) is 11.3. The van der Waals surface area contributed by atoms with E-state index in [1.54, 1.807) is 49.0 Å². The molecule has 1 aliphatic heterocycles. The summed E-state index contributed by atoms with van der Waals surface area (Å²) in [4.78, 5) is 42.4. The molecule has 0 radical (unpaired) electrons. The molecule has 0 unspecified atom stereocenters. The summed E-state index contributed by atoms with van der Waals surface area (Å²) in [6.45, 7) is 3.74. The van der Waals surface area contributed by atoms with Crippen molar-refractivity contribution in [1.29, 1.82) is 0 Å². The Hall–Kier alpha value is -3.48. The first kappa shape index (κ1) is 27.1. The Labute approximate surface area is 240 Å². The number of aromatic nitrogens is 3. The van der Waals surface area contributed by atoms with E-state index in [1.165, 1.54) is 23.1 Å². The van der Waals surface area contributed by atoms with Crippen LogP contribution in [0.4, 0.5) is 5.69 Å². The number of furan rings is 1. The molecule has 1 atom stereocenters. The van der Waals surface area contributed by atoms with Gasteiger partial charge in [-0.25, -0.2) is 19.8 Å². The maximum Gasteiger partial charge on any atom is 0.338 e. The Bertz CT molecular complexity index is 1740. The van der Waals surface area contributed by atoms with Gasteiger partial charge in [0.15, 0.2) is 15.1 Å². The molecule has 0 N–H and O–H groups in total. The van der Waals surface area contributed by atoms with E-state index < -0.39 is 12.0 Å². The number of halogens is 1. The van der Waals surface area contributed by atoms with E-state index in [1.807, 2.05) is 43.3 Å². The highest BCUT2D eigenvalue weighted by Gasteiger charge is 2.33. The maximum atomic E-state index is 13.8. The highest BCUT2D eigenvalue weighted by molar-refractivity contribution is 9.10. The van der Waals surface area contributed by atoms with Gasteiger partial charge < -0.3 is 14.1 Å². The molecule has 0 saturated carbocycles. The summed E-state index contributed by atoms with van der Waals surface area (Å²) in [5.41, 5.74) is 2.37. The summed E-state index contributed by atoms with van der Waals surface area (Å²) in [5.74, 6) is -0.00624. The summed E-state index contributed by atoms with van der Waals surface area (Å²) in [7, 11) is 3.91. The van der Waals surface area contributed by atoms with Crippen LogP contribution < -0.4 is 19.8 Å². The van der Waals surface area contributed by atoms with Crippen LogP contribution in [0.3, 0.4) is 0 Å². The second-order valence-corrected chi connectivity index (χ2v) is 11.5. The number of rotatable bonds is 7. The van der Waals surface area contributed by atoms with Gasteiger partial charge in [-0.15, -0.1) is 0 Å². The molecule has 9 nitrogen and oxygen atoms in total. The minimum atomic E-state index is -0.677. The van der Waals surface area contributed by atoms with Gasteiger partial charge in [-0.05, 0) is 71.4 Å². The van der Waals surface area contributed by atoms with Gasteiger partial charge in [-0.1, -0.05) is 23.5 Å². The van der Waals surface area contributed by atoms with Crippen LogP contribution in [0, 0.1) is 0 Å².